The molecule has 2 amide bonds. The lowest BCUT2D eigenvalue weighted by molar-refractivity contribution is -0.107. The van der Waals surface area contributed by atoms with Crippen LogP contribution in [0, 0.1) is 11.7 Å². The van der Waals surface area contributed by atoms with Crippen LogP contribution in [0.15, 0.2) is 73.1 Å². The number of carbonyl (C=O) groups excluding carboxylic acids is 3. The van der Waals surface area contributed by atoms with Crippen LogP contribution in [0.25, 0.3) is 0 Å². The number of nitrogens with zero attached hydrogens (tertiary/aromatic N) is 4. The Kier molecular flexibility index (Phi) is 8.97. The maximum Gasteiger partial charge on any atom is 0.258 e. The molecule has 8 heteroatoms. The lowest BCUT2D eigenvalue weighted by Gasteiger charge is -2.33. The van der Waals surface area contributed by atoms with Gasteiger partial charge in [-0.2, -0.15) is 0 Å². The van der Waals surface area contributed by atoms with Gasteiger partial charge in [-0.15, -0.1) is 0 Å². The summed E-state index contributed by atoms with van der Waals surface area (Å²) < 4.78 is 13.2. The number of anilines is 2. The summed E-state index contributed by atoms with van der Waals surface area (Å²) in [5.41, 5.74) is 2.52. The number of amides is 2. The average molecular weight is 517 g/mol. The topological polar surface area (TPSA) is 73.8 Å². The molecule has 0 N–H and O–H groups in total. The van der Waals surface area contributed by atoms with Gasteiger partial charge in [0.1, 0.15) is 5.82 Å². The van der Waals surface area contributed by atoms with Gasteiger partial charge in [-0.25, -0.2) is 4.39 Å². The van der Waals surface area contributed by atoms with Gasteiger partial charge >= 0.3 is 0 Å². The monoisotopic (exact) mass is 516 g/mol. The third-order valence-corrected chi connectivity index (χ3v) is 7.01. The predicted octanol–water partition coefficient (Wildman–Crippen LogP) is 4.83. The zero-order chi connectivity index (χ0) is 27.1. The number of hydrogen-bond donors (Lipinski definition) is 0. The Morgan fingerprint density at radius 1 is 1.00 bits per heavy atom. The van der Waals surface area contributed by atoms with E-state index in [0.717, 1.165) is 38.0 Å². The number of piperidine rings is 1. The van der Waals surface area contributed by atoms with Crippen LogP contribution in [-0.4, -0.2) is 60.2 Å². The van der Waals surface area contributed by atoms with E-state index in [1.165, 1.54) is 12.1 Å². The first-order valence-electron chi connectivity index (χ1n) is 12.9. The summed E-state index contributed by atoms with van der Waals surface area (Å²) in [5.74, 6) is -0.513. The Labute approximate surface area is 222 Å². The van der Waals surface area contributed by atoms with Crippen molar-refractivity contribution in [3.05, 3.63) is 90.0 Å². The number of rotatable bonds is 10. The first-order chi connectivity index (χ1) is 18.4. The Hall–Kier alpha value is -3.91. The van der Waals surface area contributed by atoms with Crippen molar-refractivity contribution in [3.63, 3.8) is 0 Å². The summed E-state index contributed by atoms with van der Waals surface area (Å²) in [6.45, 7) is 6.48. The van der Waals surface area contributed by atoms with Crippen molar-refractivity contribution in [1.29, 1.82) is 0 Å². The molecule has 4 rings (SSSR count). The maximum atomic E-state index is 13.5. The van der Waals surface area contributed by atoms with Crippen molar-refractivity contribution >= 4 is 29.5 Å². The Bertz CT molecular complexity index is 1220. The number of halogens is 1. The van der Waals surface area contributed by atoms with Crippen LogP contribution in [0.4, 0.5) is 15.8 Å². The lowest BCUT2D eigenvalue weighted by Crippen LogP contribution is -2.43. The zero-order valence-corrected chi connectivity index (χ0v) is 21.8. The minimum atomic E-state index is -0.349. The van der Waals surface area contributed by atoms with E-state index >= 15 is 0 Å². The minimum absolute atomic E-state index is 0.0102. The molecular formula is C30H33FN4O3. The van der Waals surface area contributed by atoms with E-state index in [0.29, 0.717) is 29.9 Å². The number of Topliss-reactive ketones (excluding diaryl/α,β-unsaturated/α-hetero) is 1. The van der Waals surface area contributed by atoms with E-state index in [1.54, 1.807) is 64.7 Å². The Morgan fingerprint density at radius 2 is 1.66 bits per heavy atom. The van der Waals surface area contributed by atoms with Crippen molar-refractivity contribution < 1.29 is 18.8 Å². The number of carbonyl (C=O) groups is 3. The number of likely N-dealkylation sites (tertiary alicyclic amines) is 1. The van der Waals surface area contributed by atoms with Gasteiger partial charge in [0.2, 0.25) is 6.41 Å². The molecule has 0 radical (unpaired) electrons. The summed E-state index contributed by atoms with van der Waals surface area (Å²) in [6, 6.07) is 16.5. The molecule has 1 saturated heterocycles. The number of pyridine rings is 1. The second kappa shape index (κ2) is 12.6. The highest BCUT2D eigenvalue weighted by molar-refractivity contribution is 6.06. The quantitative estimate of drug-likeness (QED) is 0.285. The fourth-order valence-electron chi connectivity index (χ4n) is 4.78. The van der Waals surface area contributed by atoms with E-state index in [4.69, 9.17) is 0 Å². The highest BCUT2D eigenvalue weighted by atomic mass is 19.1. The van der Waals surface area contributed by atoms with Crippen LogP contribution >= 0.6 is 0 Å². The van der Waals surface area contributed by atoms with E-state index in [1.807, 2.05) is 19.9 Å². The molecule has 0 bridgehead atoms. The smallest absolute Gasteiger partial charge is 0.258 e. The van der Waals surface area contributed by atoms with Gasteiger partial charge in [0.25, 0.3) is 5.91 Å². The number of benzene rings is 2. The molecular weight excluding hydrogens is 483 g/mol. The van der Waals surface area contributed by atoms with Crippen molar-refractivity contribution in [2.45, 2.75) is 32.7 Å². The Morgan fingerprint density at radius 3 is 2.24 bits per heavy atom. The van der Waals surface area contributed by atoms with Crippen LogP contribution in [-0.2, 0) is 4.79 Å². The van der Waals surface area contributed by atoms with Crippen LogP contribution in [0.1, 0.15) is 47.4 Å². The van der Waals surface area contributed by atoms with E-state index < -0.39 is 0 Å². The predicted molar refractivity (Wildman–Crippen MR) is 146 cm³/mol. The molecule has 0 aliphatic carbocycles. The van der Waals surface area contributed by atoms with E-state index in [2.05, 4.69) is 9.88 Å². The molecule has 1 aromatic heterocycles. The van der Waals surface area contributed by atoms with Crippen LogP contribution in [0.5, 0.6) is 0 Å². The average Bonchev–Trinajstić information content (AvgIpc) is 2.94. The van der Waals surface area contributed by atoms with E-state index in [-0.39, 0.29) is 29.5 Å². The molecule has 198 valence electrons. The molecule has 1 aliphatic heterocycles. The standard InChI is InChI=1S/C30H33FN4O3/c1-22(2)35(21-36)27-11-7-25(8-12-27)30(38)34(28-4-3-15-32-20-28)19-18-33-16-13-24(14-17-33)29(37)23-5-9-26(31)10-6-23/h3-12,15,20-22,24H,13-14,16-19H2,1-2H3. The highest BCUT2D eigenvalue weighted by Gasteiger charge is 2.27. The molecule has 7 nitrogen and oxygen atoms in total. The molecule has 1 fully saturated rings. The molecule has 1 aliphatic rings. The van der Waals surface area contributed by atoms with Crippen LogP contribution < -0.4 is 9.80 Å². The van der Waals surface area contributed by atoms with Crippen molar-refractivity contribution in [3.8, 4) is 0 Å². The second-order valence-electron chi connectivity index (χ2n) is 9.81. The second-order valence-corrected chi connectivity index (χ2v) is 9.81. The third kappa shape index (κ3) is 6.50. The molecule has 0 spiro atoms. The lowest BCUT2D eigenvalue weighted by atomic mass is 9.89. The molecule has 3 aromatic rings. The summed E-state index contributed by atoms with van der Waals surface area (Å²) >= 11 is 0. The van der Waals surface area contributed by atoms with Crippen molar-refractivity contribution in [2.24, 2.45) is 5.92 Å². The van der Waals surface area contributed by atoms with Crippen LogP contribution in [0.2, 0.25) is 0 Å². The summed E-state index contributed by atoms with van der Waals surface area (Å²) in [6.07, 6.45) is 5.58. The first-order valence-corrected chi connectivity index (χ1v) is 12.9. The minimum Gasteiger partial charge on any atom is -0.313 e. The van der Waals surface area contributed by atoms with Crippen molar-refractivity contribution in [2.75, 3.05) is 36.0 Å². The number of aromatic nitrogens is 1. The molecule has 0 unspecified atom stereocenters. The summed E-state index contributed by atoms with van der Waals surface area (Å²) in [7, 11) is 0. The highest BCUT2D eigenvalue weighted by Crippen LogP contribution is 2.24. The number of ketones is 1. The fraction of sp³-hybridized carbons (Fsp3) is 0.333. The zero-order valence-electron chi connectivity index (χ0n) is 21.8. The van der Waals surface area contributed by atoms with Gasteiger partial charge in [0.05, 0.1) is 11.9 Å². The van der Waals surface area contributed by atoms with Gasteiger partial charge in [-0.3, -0.25) is 19.4 Å². The van der Waals surface area contributed by atoms with E-state index in [9.17, 15) is 18.8 Å². The molecule has 38 heavy (non-hydrogen) atoms. The fourth-order valence-corrected chi connectivity index (χ4v) is 4.78. The molecule has 2 aromatic carbocycles. The SMILES string of the molecule is CC(C)N(C=O)c1ccc(C(=O)N(CCN2CCC(C(=O)c3ccc(F)cc3)CC2)c2cccnc2)cc1. The van der Waals surface area contributed by atoms with Gasteiger partial charge in [0, 0.05) is 48.1 Å². The third-order valence-electron chi connectivity index (χ3n) is 7.01. The van der Waals surface area contributed by atoms with Crippen molar-refractivity contribution in [1.82, 2.24) is 9.88 Å². The normalized spacial score (nSPS) is 14.3. The molecule has 0 atom stereocenters. The summed E-state index contributed by atoms with van der Waals surface area (Å²) in [5, 5.41) is 0. The molecule has 0 saturated carbocycles. The largest absolute Gasteiger partial charge is 0.313 e. The van der Waals surface area contributed by atoms with Gasteiger partial charge < -0.3 is 14.7 Å². The van der Waals surface area contributed by atoms with Gasteiger partial charge in [-0.05, 0) is 100 Å². The molecule has 2 heterocycles. The number of hydrogen-bond acceptors (Lipinski definition) is 5. The van der Waals surface area contributed by atoms with Gasteiger partial charge in [-0.1, -0.05) is 0 Å². The Balaban J connectivity index is 1.40. The van der Waals surface area contributed by atoms with Crippen LogP contribution in [0.3, 0.4) is 0 Å². The van der Waals surface area contributed by atoms with Gasteiger partial charge in [0.15, 0.2) is 5.78 Å². The summed E-state index contributed by atoms with van der Waals surface area (Å²) in [4.78, 5) is 47.6. The first kappa shape index (κ1) is 27.1. The maximum absolute atomic E-state index is 13.5.